The van der Waals surface area contributed by atoms with Crippen LogP contribution in [0.25, 0.3) is 0 Å². The number of rotatable bonds is 2. The fourth-order valence-corrected chi connectivity index (χ4v) is 2.79. The fourth-order valence-electron chi connectivity index (χ4n) is 1.79. The van der Waals surface area contributed by atoms with Gasteiger partial charge in [0.25, 0.3) is 5.56 Å². The van der Waals surface area contributed by atoms with Crippen LogP contribution in [-0.2, 0) is 0 Å². The SMILES string of the molecule is Cc1ccc(Sc2c(C)c[nH]c(=O)c2N)c(C)c1. The van der Waals surface area contributed by atoms with E-state index in [2.05, 4.69) is 37.0 Å². The standard InChI is InChI=1S/C14H16N2OS/c1-8-4-5-11(9(2)6-8)18-13-10(3)7-16-14(17)12(13)15/h4-7H,15H2,1-3H3,(H,16,17). The predicted molar refractivity (Wildman–Crippen MR) is 76.3 cm³/mol. The molecule has 2 aromatic rings. The summed E-state index contributed by atoms with van der Waals surface area (Å²) in [6.45, 7) is 6.07. The van der Waals surface area contributed by atoms with Crippen LogP contribution < -0.4 is 11.3 Å². The summed E-state index contributed by atoms with van der Waals surface area (Å²) >= 11 is 1.55. The summed E-state index contributed by atoms with van der Waals surface area (Å²) in [5.41, 5.74) is 9.32. The van der Waals surface area contributed by atoms with Gasteiger partial charge in [0, 0.05) is 16.0 Å². The van der Waals surface area contributed by atoms with Crippen molar-refractivity contribution in [3.63, 3.8) is 0 Å². The molecule has 0 aliphatic heterocycles. The van der Waals surface area contributed by atoms with Crippen LogP contribution in [0.4, 0.5) is 5.69 Å². The number of nitrogens with two attached hydrogens (primary N) is 1. The summed E-state index contributed by atoms with van der Waals surface area (Å²) in [5, 5.41) is 0. The number of nitrogens with one attached hydrogen (secondary N) is 1. The molecule has 0 fully saturated rings. The van der Waals surface area contributed by atoms with E-state index < -0.39 is 0 Å². The first kappa shape index (κ1) is 12.8. The highest BCUT2D eigenvalue weighted by Crippen LogP contribution is 2.34. The van der Waals surface area contributed by atoms with E-state index in [1.807, 2.05) is 6.92 Å². The molecule has 3 nitrogen and oxygen atoms in total. The first-order chi connectivity index (χ1) is 8.49. The van der Waals surface area contributed by atoms with Crippen LogP contribution in [0.15, 0.2) is 39.0 Å². The Morgan fingerprint density at radius 3 is 2.56 bits per heavy atom. The molecule has 18 heavy (non-hydrogen) atoms. The highest BCUT2D eigenvalue weighted by molar-refractivity contribution is 7.99. The third kappa shape index (κ3) is 2.43. The molecule has 0 aliphatic rings. The molecule has 0 amide bonds. The van der Waals surface area contributed by atoms with Gasteiger partial charge in [-0.2, -0.15) is 0 Å². The number of hydrogen-bond acceptors (Lipinski definition) is 3. The number of aryl methyl sites for hydroxylation is 3. The van der Waals surface area contributed by atoms with Crippen LogP contribution in [0.5, 0.6) is 0 Å². The lowest BCUT2D eigenvalue weighted by atomic mass is 10.2. The van der Waals surface area contributed by atoms with E-state index in [4.69, 9.17) is 5.73 Å². The van der Waals surface area contributed by atoms with Crippen molar-refractivity contribution in [3.8, 4) is 0 Å². The molecule has 1 aromatic carbocycles. The number of hydrogen-bond donors (Lipinski definition) is 2. The first-order valence-electron chi connectivity index (χ1n) is 5.72. The Morgan fingerprint density at radius 1 is 1.17 bits per heavy atom. The minimum absolute atomic E-state index is 0.229. The highest BCUT2D eigenvalue weighted by Gasteiger charge is 2.10. The number of pyridine rings is 1. The third-order valence-electron chi connectivity index (χ3n) is 2.81. The number of nitrogen functional groups attached to an aromatic ring is 1. The van der Waals surface area contributed by atoms with Crippen LogP contribution >= 0.6 is 11.8 Å². The van der Waals surface area contributed by atoms with E-state index in [9.17, 15) is 4.79 Å². The van der Waals surface area contributed by atoms with Gasteiger partial charge in [-0.25, -0.2) is 0 Å². The Labute approximate surface area is 110 Å². The molecule has 4 heteroatoms. The summed E-state index contributed by atoms with van der Waals surface area (Å²) in [6.07, 6.45) is 1.70. The number of H-pyrrole nitrogens is 1. The second kappa shape index (κ2) is 4.90. The van der Waals surface area contributed by atoms with Crippen molar-refractivity contribution in [2.45, 2.75) is 30.6 Å². The van der Waals surface area contributed by atoms with Gasteiger partial charge in [0.1, 0.15) is 5.69 Å². The smallest absolute Gasteiger partial charge is 0.272 e. The van der Waals surface area contributed by atoms with Gasteiger partial charge < -0.3 is 10.7 Å². The molecule has 94 valence electrons. The summed E-state index contributed by atoms with van der Waals surface area (Å²) in [5.74, 6) is 0. The van der Waals surface area contributed by atoms with Crippen LogP contribution in [0, 0.1) is 20.8 Å². The lowest BCUT2D eigenvalue weighted by molar-refractivity contribution is 1.13. The van der Waals surface area contributed by atoms with Crippen molar-refractivity contribution in [1.82, 2.24) is 4.98 Å². The number of aromatic nitrogens is 1. The third-order valence-corrected chi connectivity index (χ3v) is 4.23. The Morgan fingerprint density at radius 2 is 1.89 bits per heavy atom. The summed E-state index contributed by atoms with van der Waals surface area (Å²) in [7, 11) is 0. The summed E-state index contributed by atoms with van der Waals surface area (Å²) < 4.78 is 0. The lowest BCUT2D eigenvalue weighted by Gasteiger charge is -2.10. The monoisotopic (exact) mass is 260 g/mol. The van der Waals surface area contributed by atoms with Gasteiger partial charge in [-0.1, -0.05) is 29.5 Å². The molecular formula is C14H16N2OS. The molecule has 0 saturated carbocycles. The zero-order chi connectivity index (χ0) is 13.3. The Bertz CT molecular complexity index is 647. The van der Waals surface area contributed by atoms with E-state index >= 15 is 0 Å². The predicted octanol–water partition coefficient (Wildman–Crippen LogP) is 3.03. The van der Waals surface area contributed by atoms with Crippen molar-refractivity contribution >= 4 is 17.4 Å². The van der Waals surface area contributed by atoms with E-state index in [-0.39, 0.29) is 5.56 Å². The molecule has 0 bridgehead atoms. The van der Waals surface area contributed by atoms with Crippen LogP contribution in [-0.4, -0.2) is 4.98 Å². The average molecular weight is 260 g/mol. The second-order valence-corrected chi connectivity index (χ2v) is 5.47. The fraction of sp³-hybridized carbons (Fsp3) is 0.214. The molecule has 3 N–H and O–H groups in total. The molecule has 2 rings (SSSR count). The van der Waals surface area contributed by atoms with Crippen LogP contribution in [0.1, 0.15) is 16.7 Å². The zero-order valence-corrected chi connectivity index (χ0v) is 11.5. The molecule has 0 atom stereocenters. The molecule has 1 aromatic heterocycles. The topological polar surface area (TPSA) is 58.9 Å². The highest BCUT2D eigenvalue weighted by atomic mass is 32.2. The second-order valence-electron chi connectivity index (χ2n) is 4.41. The van der Waals surface area contributed by atoms with Crippen molar-refractivity contribution in [3.05, 3.63) is 51.4 Å². The van der Waals surface area contributed by atoms with Gasteiger partial charge in [0.2, 0.25) is 0 Å². The Balaban J connectivity index is 2.46. The Hall–Kier alpha value is -1.68. The zero-order valence-electron chi connectivity index (χ0n) is 10.7. The lowest BCUT2D eigenvalue weighted by Crippen LogP contribution is -2.13. The van der Waals surface area contributed by atoms with Crippen molar-refractivity contribution < 1.29 is 0 Å². The van der Waals surface area contributed by atoms with Gasteiger partial charge in [0.05, 0.1) is 0 Å². The van der Waals surface area contributed by atoms with Gasteiger partial charge in [-0.15, -0.1) is 0 Å². The minimum Gasteiger partial charge on any atom is -0.393 e. The largest absolute Gasteiger partial charge is 0.393 e. The van der Waals surface area contributed by atoms with Crippen LogP contribution in [0.3, 0.4) is 0 Å². The van der Waals surface area contributed by atoms with Gasteiger partial charge in [-0.3, -0.25) is 4.79 Å². The summed E-state index contributed by atoms with van der Waals surface area (Å²) in [6, 6.07) is 6.25. The van der Waals surface area contributed by atoms with E-state index in [1.165, 1.54) is 11.1 Å². The maximum absolute atomic E-state index is 11.5. The van der Waals surface area contributed by atoms with E-state index in [0.29, 0.717) is 5.69 Å². The van der Waals surface area contributed by atoms with Gasteiger partial charge in [-0.05, 0) is 38.0 Å². The minimum atomic E-state index is -0.229. The summed E-state index contributed by atoms with van der Waals surface area (Å²) in [4.78, 5) is 16.1. The molecule has 0 aliphatic carbocycles. The molecular weight excluding hydrogens is 244 g/mol. The van der Waals surface area contributed by atoms with Crippen molar-refractivity contribution in [1.29, 1.82) is 0 Å². The maximum atomic E-state index is 11.5. The first-order valence-corrected chi connectivity index (χ1v) is 6.53. The van der Waals surface area contributed by atoms with Gasteiger partial charge >= 0.3 is 0 Å². The van der Waals surface area contributed by atoms with Crippen LogP contribution in [0.2, 0.25) is 0 Å². The normalized spacial score (nSPS) is 10.6. The van der Waals surface area contributed by atoms with E-state index in [0.717, 1.165) is 15.4 Å². The number of benzene rings is 1. The quantitative estimate of drug-likeness (QED) is 0.872. The molecule has 0 saturated heterocycles. The molecule has 0 unspecified atom stereocenters. The average Bonchev–Trinajstić information content (AvgIpc) is 2.32. The maximum Gasteiger partial charge on any atom is 0.272 e. The van der Waals surface area contributed by atoms with Gasteiger partial charge in [0.15, 0.2) is 0 Å². The van der Waals surface area contributed by atoms with Crippen molar-refractivity contribution in [2.75, 3.05) is 5.73 Å². The number of anilines is 1. The van der Waals surface area contributed by atoms with Crippen molar-refractivity contribution in [2.24, 2.45) is 0 Å². The molecule has 1 heterocycles. The van der Waals surface area contributed by atoms with E-state index in [1.54, 1.807) is 18.0 Å². The Kier molecular flexibility index (Phi) is 3.48. The number of aromatic amines is 1. The molecule has 0 radical (unpaired) electrons. The molecule has 0 spiro atoms.